The second-order valence-corrected chi connectivity index (χ2v) is 6.09. The average molecular weight is 244 g/mol. The highest BCUT2D eigenvalue weighted by Gasteiger charge is 2.37. The van der Waals surface area contributed by atoms with Crippen LogP contribution >= 0.6 is 0 Å². The number of aryl methyl sites for hydroxylation is 1. The van der Waals surface area contributed by atoms with Crippen LogP contribution in [0.4, 0.5) is 5.95 Å². The van der Waals surface area contributed by atoms with Crippen molar-refractivity contribution in [2.75, 3.05) is 5.73 Å². The second kappa shape index (κ2) is 3.70. The molecule has 1 saturated carbocycles. The number of hydrogen-bond acceptors (Lipinski definition) is 3. The minimum atomic E-state index is 0.272. The maximum atomic E-state index is 6.12. The molecule has 0 radical (unpaired) electrons. The van der Waals surface area contributed by atoms with E-state index in [0.29, 0.717) is 12.0 Å². The molecule has 1 atom stereocenters. The summed E-state index contributed by atoms with van der Waals surface area (Å²) in [6.07, 6.45) is 5.55. The maximum absolute atomic E-state index is 6.12. The predicted molar refractivity (Wildman–Crippen MR) is 73.3 cm³/mol. The highest BCUT2D eigenvalue weighted by atomic mass is 15.2. The first kappa shape index (κ1) is 11.5. The molecule has 2 N–H and O–H groups in total. The van der Waals surface area contributed by atoms with Gasteiger partial charge in [0.1, 0.15) is 5.52 Å². The van der Waals surface area contributed by atoms with Crippen molar-refractivity contribution in [2.45, 2.75) is 46.1 Å². The first-order chi connectivity index (χ1) is 8.49. The number of nitrogens with two attached hydrogens (primary N) is 1. The number of nitrogens with zero attached hydrogens (tertiary/aromatic N) is 3. The Bertz CT molecular complexity index is 597. The molecule has 0 aromatic carbocycles. The number of nitrogen functional groups attached to an aromatic ring is 1. The molecular weight excluding hydrogens is 224 g/mol. The van der Waals surface area contributed by atoms with E-state index in [1.165, 1.54) is 12.8 Å². The molecule has 1 fully saturated rings. The third kappa shape index (κ3) is 1.59. The van der Waals surface area contributed by atoms with Crippen molar-refractivity contribution in [3.63, 3.8) is 0 Å². The first-order valence-electron chi connectivity index (χ1n) is 6.59. The van der Waals surface area contributed by atoms with Crippen molar-refractivity contribution in [3.05, 3.63) is 17.8 Å². The van der Waals surface area contributed by atoms with Gasteiger partial charge in [-0.1, -0.05) is 20.3 Å². The van der Waals surface area contributed by atoms with Gasteiger partial charge in [0.05, 0.1) is 0 Å². The zero-order valence-electron chi connectivity index (χ0n) is 11.3. The number of pyridine rings is 1. The molecule has 96 valence electrons. The number of aromatic nitrogens is 3. The quantitative estimate of drug-likeness (QED) is 0.838. The Hall–Kier alpha value is -1.58. The smallest absolute Gasteiger partial charge is 0.202 e. The zero-order valence-corrected chi connectivity index (χ0v) is 11.3. The lowest BCUT2D eigenvalue weighted by molar-refractivity contribution is 0.267. The van der Waals surface area contributed by atoms with E-state index in [1.54, 1.807) is 0 Å². The fourth-order valence-corrected chi connectivity index (χ4v) is 3.19. The van der Waals surface area contributed by atoms with Gasteiger partial charge in [0.15, 0.2) is 5.65 Å². The van der Waals surface area contributed by atoms with E-state index in [2.05, 4.69) is 34.4 Å². The van der Waals surface area contributed by atoms with E-state index in [1.807, 2.05) is 13.1 Å². The van der Waals surface area contributed by atoms with Crippen LogP contribution in [-0.2, 0) is 0 Å². The van der Waals surface area contributed by atoms with Crippen LogP contribution in [0.3, 0.4) is 0 Å². The third-order valence-corrected chi connectivity index (χ3v) is 4.21. The van der Waals surface area contributed by atoms with Crippen LogP contribution in [0.2, 0.25) is 0 Å². The van der Waals surface area contributed by atoms with Gasteiger partial charge in [-0.25, -0.2) is 9.97 Å². The van der Waals surface area contributed by atoms with E-state index in [4.69, 9.17) is 5.73 Å². The number of fused-ring (bicyclic) bond motifs is 1. The largest absolute Gasteiger partial charge is 0.369 e. The fourth-order valence-electron chi connectivity index (χ4n) is 3.19. The Balaban J connectivity index is 2.20. The molecular formula is C14H20N4. The van der Waals surface area contributed by atoms with Crippen LogP contribution in [-0.4, -0.2) is 14.5 Å². The van der Waals surface area contributed by atoms with E-state index < -0.39 is 0 Å². The van der Waals surface area contributed by atoms with Crippen molar-refractivity contribution in [1.29, 1.82) is 0 Å². The molecule has 0 aliphatic heterocycles. The maximum Gasteiger partial charge on any atom is 0.202 e. The number of imidazole rings is 1. The van der Waals surface area contributed by atoms with Crippen molar-refractivity contribution in [3.8, 4) is 0 Å². The molecule has 2 aromatic rings. The lowest BCUT2D eigenvalue weighted by Gasteiger charge is -2.28. The van der Waals surface area contributed by atoms with E-state index in [9.17, 15) is 0 Å². The highest BCUT2D eigenvalue weighted by Crippen LogP contribution is 2.47. The Morgan fingerprint density at radius 2 is 2.22 bits per heavy atom. The van der Waals surface area contributed by atoms with Crippen LogP contribution in [0.15, 0.2) is 12.3 Å². The summed E-state index contributed by atoms with van der Waals surface area (Å²) in [5.74, 6) is 0.600. The van der Waals surface area contributed by atoms with Crippen LogP contribution in [0.1, 0.15) is 44.7 Å². The molecule has 1 aliphatic rings. The van der Waals surface area contributed by atoms with Gasteiger partial charge in [-0.05, 0) is 36.8 Å². The van der Waals surface area contributed by atoms with Gasteiger partial charge in [0.2, 0.25) is 5.95 Å². The molecule has 1 aliphatic carbocycles. The summed E-state index contributed by atoms with van der Waals surface area (Å²) in [5, 5.41) is 0. The fraction of sp³-hybridized carbons (Fsp3) is 0.571. The summed E-state index contributed by atoms with van der Waals surface area (Å²) in [4.78, 5) is 8.99. The first-order valence-corrected chi connectivity index (χ1v) is 6.59. The molecule has 4 nitrogen and oxygen atoms in total. The Kier molecular flexibility index (Phi) is 2.37. The molecule has 0 amide bonds. The van der Waals surface area contributed by atoms with Gasteiger partial charge in [0, 0.05) is 12.2 Å². The standard InChI is InChI=1S/C14H20N4/c1-9-7-10-12(16-8-9)18(13(15)17-10)11-5-4-6-14(11,2)3/h7-8,11H,4-6H2,1-3H3,(H2,15,17). The van der Waals surface area contributed by atoms with Crippen LogP contribution in [0.25, 0.3) is 11.2 Å². The number of anilines is 1. The van der Waals surface area contributed by atoms with Crippen LogP contribution < -0.4 is 5.73 Å². The zero-order chi connectivity index (χ0) is 12.9. The van der Waals surface area contributed by atoms with Gasteiger partial charge in [-0.2, -0.15) is 0 Å². The lowest BCUT2D eigenvalue weighted by atomic mass is 9.87. The number of hydrogen-bond donors (Lipinski definition) is 1. The molecule has 18 heavy (non-hydrogen) atoms. The van der Waals surface area contributed by atoms with Gasteiger partial charge in [0.25, 0.3) is 0 Å². The summed E-state index contributed by atoms with van der Waals surface area (Å²) >= 11 is 0. The van der Waals surface area contributed by atoms with Crippen molar-refractivity contribution < 1.29 is 0 Å². The summed E-state index contributed by atoms with van der Waals surface area (Å²) in [5.41, 5.74) is 9.35. The van der Waals surface area contributed by atoms with Gasteiger partial charge in [-0.15, -0.1) is 0 Å². The molecule has 4 heteroatoms. The molecule has 2 aromatic heterocycles. The predicted octanol–water partition coefficient (Wildman–Crippen LogP) is 3.07. The topological polar surface area (TPSA) is 56.7 Å². The molecule has 0 spiro atoms. The van der Waals surface area contributed by atoms with Gasteiger partial charge >= 0.3 is 0 Å². The van der Waals surface area contributed by atoms with Crippen molar-refractivity contribution in [2.24, 2.45) is 5.41 Å². The minimum Gasteiger partial charge on any atom is -0.369 e. The van der Waals surface area contributed by atoms with E-state index in [-0.39, 0.29) is 5.41 Å². The minimum absolute atomic E-state index is 0.272. The van der Waals surface area contributed by atoms with Crippen LogP contribution in [0, 0.1) is 12.3 Å². The molecule has 0 bridgehead atoms. The molecule has 2 heterocycles. The van der Waals surface area contributed by atoms with Crippen molar-refractivity contribution >= 4 is 17.1 Å². The Morgan fingerprint density at radius 3 is 2.89 bits per heavy atom. The molecule has 1 unspecified atom stereocenters. The van der Waals surface area contributed by atoms with Gasteiger partial charge < -0.3 is 5.73 Å². The van der Waals surface area contributed by atoms with E-state index >= 15 is 0 Å². The summed E-state index contributed by atoms with van der Waals surface area (Å²) in [6, 6.07) is 2.47. The third-order valence-electron chi connectivity index (χ3n) is 4.21. The summed E-state index contributed by atoms with van der Waals surface area (Å²) < 4.78 is 2.14. The molecule has 0 saturated heterocycles. The highest BCUT2D eigenvalue weighted by molar-refractivity contribution is 5.74. The summed E-state index contributed by atoms with van der Waals surface area (Å²) in [7, 11) is 0. The normalized spacial score (nSPS) is 22.7. The molecule has 3 rings (SSSR count). The Labute approximate surface area is 107 Å². The monoisotopic (exact) mass is 244 g/mol. The Morgan fingerprint density at radius 1 is 1.44 bits per heavy atom. The second-order valence-electron chi connectivity index (χ2n) is 6.09. The van der Waals surface area contributed by atoms with Crippen molar-refractivity contribution in [1.82, 2.24) is 14.5 Å². The van der Waals surface area contributed by atoms with Crippen LogP contribution in [0.5, 0.6) is 0 Å². The number of rotatable bonds is 1. The summed E-state index contributed by atoms with van der Waals surface area (Å²) in [6.45, 7) is 6.65. The van der Waals surface area contributed by atoms with Gasteiger partial charge in [-0.3, -0.25) is 4.57 Å². The average Bonchev–Trinajstić information content (AvgIpc) is 2.76. The SMILES string of the molecule is Cc1cnc2c(c1)nc(N)n2C1CCCC1(C)C. The lowest BCUT2D eigenvalue weighted by Crippen LogP contribution is -2.23. The van der Waals surface area contributed by atoms with E-state index in [0.717, 1.165) is 23.1 Å².